The van der Waals surface area contributed by atoms with Crippen LogP contribution >= 0.6 is 0 Å². The van der Waals surface area contributed by atoms with E-state index in [9.17, 15) is 9.90 Å². The summed E-state index contributed by atoms with van der Waals surface area (Å²) >= 11 is 0. The molecular weight excluding hydrogens is 184 g/mol. The van der Waals surface area contributed by atoms with Crippen molar-refractivity contribution in [1.29, 1.82) is 0 Å². The van der Waals surface area contributed by atoms with E-state index in [1.807, 2.05) is 0 Å². The number of ether oxygens (including phenoxy) is 2. The van der Waals surface area contributed by atoms with Crippen molar-refractivity contribution in [2.45, 2.75) is 13.2 Å². The topological polar surface area (TPSA) is 55.8 Å². The van der Waals surface area contributed by atoms with Gasteiger partial charge in [0.2, 0.25) is 0 Å². The normalized spacial score (nSPS) is 12.2. The molecule has 0 radical (unpaired) electrons. The average Bonchev–Trinajstić information content (AvgIpc) is 2.17. The fourth-order valence-electron chi connectivity index (χ4n) is 1.00. The standard InChI is InChI=1S/C10H12O4/c1-7(11)14-9-5-3-8(4-6-9)10(12)13-2/h3-6,10,12H,1-2H3. The van der Waals surface area contributed by atoms with Crippen LogP contribution in [0.4, 0.5) is 0 Å². The molecule has 1 rings (SSSR count). The fraction of sp³-hybridized carbons (Fsp3) is 0.300. The lowest BCUT2D eigenvalue weighted by atomic mass is 10.2. The van der Waals surface area contributed by atoms with Crippen molar-refractivity contribution in [2.24, 2.45) is 0 Å². The number of hydrogen-bond acceptors (Lipinski definition) is 4. The van der Waals surface area contributed by atoms with Crippen molar-refractivity contribution in [3.63, 3.8) is 0 Å². The molecule has 1 N–H and O–H groups in total. The zero-order chi connectivity index (χ0) is 10.6. The van der Waals surface area contributed by atoms with Crippen LogP contribution in [0.15, 0.2) is 24.3 Å². The molecule has 0 aliphatic heterocycles. The Labute approximate surface area is 82.1 Å². The molecule has 0 spiro atoms. The molecule has 0 aliphatic carbocycles. The van der Waals surface area contributed by atoms with Crippen molar-refractivity contribution >= 4 is 5.97 Å². The number of hydrogen-bond donors (Lipinski definition) is 1. The zero-order valence-corrected chi connectivity index (χ0v) is 8.06. The second-order valence-corrected chi connectivity index (χ2v) is 2.75. The molecule has 1 aromatic carbocycles. The van der Waals surface area contributed by atoms with Gasteiger partial charge in [0.25, 0.3) is 0 Å². The molecule has 4 heteroatoms. The Morgan fingerprint density at radius 1 is 1.36 bits per heavy atom. The predicted octanol–water partition coefficient (Wildman–Crippen LogP) is 1.25. The van der Waals surface area contributed by atoms with Crippen molar-refractivity contribution in [3.8, 4) is 5.75 Å². The fourth-order valence-corrected chi connectivity index (χ4v) is 1.00. The largest absolute Gasteiger partial charge is 0.427 e. The van der Waals surface area contributed by atoms with E-state index in [4.69, 9.17) is 9.47 Å². The molecule has 0 heterocycles. The van der Waals surface area contributed by atoms with Gasteiger partial charge >= 0.3 is 5.97 Å². The molecule has 0 aromatic heterocycles. The van der Waals surface area contributed by atoms with E-state index in [-0.39, 0.29) is 5.97 Å². The summed E-state index contributed by atoms with van der Waals surface area (Å²) in [6.07, 6.45) is -0.943. The predicted molar refractivity (Wildman–Crippen MR) is 49.7 cm³/mol. The first-order valence-electron chi connectivity index (χ1n) is 4.12. The summed E-state index contributed by atoms with van der Waals surface area (Å²) in [6.45, 7) is 1.33. The maximum absolute atomic E-state index is 10.6. The highest BCUT2D eigenvalue weighted by Crippen LogP contribution is 2.17. The van der Waals surface area contributed by atoms with Crippen LogP contribution in [-0.2, 0) is 9.53 Å². The Kier molecular flexibility index (Phi) is 3.62. The van der Waals surface area contributed by atoms with Gasteiger partial charge in [0.1, 0.15) is 5.75 Å². The molecule has 1 aromatic rings. The van der Waals surface area contributed by atoms with Crippen LogP contribution in [0.25, 0.3) is 0 Å². The second-order valence-electron chi connectivity index (χ2n) is 2.75. The molecule has 1 atom stereocenters. The molecule has 76 valence electrons. The minimum atomic E-state index is -0.943. The number of aliphatic hydroxyl groups excluding tert-OH is 1. The van der Waals surface area contributed by atoms with Crippen LogP contribution in [0.1, 0.15) is 18.8 Å². The molecule has 0 fully saturated rings. The van der Waals surface area contributed by atoms with Gasteiger partial charge in [-0.05, 0) is 12.1 Å². The number of methoxy groups -OCH3 is 1. The van der Waals surface area contributed by atoms with E-state index in [1.54, 1.807) is 24.3 Å². The zero-order valence-electron chi connectivity index (χ0n) is 8.06. The lowest BCUT2D eigenvalue weighted by Crippen LogP contribution is -2.02. The van der Waals surface area contributed by atoms with Crippen LogP contribution < -0.4 is 4.74 Å². The van der Waals surface area contributed by atoms with Gasteiger partial charge in [0, 0.05) is 19.6 Å². The summed E-state index contributed by atoms with van der Waals surface area (Å²) in [4.78, 5) is 10.6. The van der Waals surface area contributed by atoms with Gasteiger partial charge in [-0.3, -0.25) is 4.79 Å². The van der Waals surface area contributed by atoms with Crippen LogP contribution in [0.3, 0.4) is 0 Å². The molecule has 1 unspecified atom stereocenters. The summed E-state index contributed by atoms with van der Waals surface area (Å²) in [7, 11) is 1.41. The van der Waals surface area contributed by atoms with E-state index in [0.717, 1.165) is 0 Å². The molecule has 14 heavy (non-hydrogen) atoms. The number of benzene rings is 1. The number of carbonyl (C=O) groups is 1. The third-order valence-electron chi connectivity index (χ3n) is 1.65. The van der Waals surface area contributed by atoms with Crippen LogP contribution in [-0.4, -0.2) is 18.2 Å². The van der Waals surface area contributed by atoms with Crippen molar-refractivity contribution < 1.29 is 19.4 Å². The number of aliphatic hydroxyl groups is 1. The van der Waals surface area contributed by atoms with E-state index in [1.165, 1.54) is 14.0 Å². The SMILES string of the molecule is COC(O)c1ccc(OC(C)=O)cc1. The number of rotatable bonds is 3. The first kappa shape index (κ1) is 10.7. The first-order chi connectivity index (χ1) is 6.63. The van der Waals surface area contributed by atoms with Crippen molar-refractivity contribution in [3.05, 3.63) is 29.8 Å². The van der Waals surface area contributed by atoms with Crippen LogP contribution in [0, 0.1) is 0 Å². The first-order valence-corrected chi connectivity index (χ1v) is 4.12. The van der Waals surface area contributed by atoms with Gasteiger partial charge in [-0.2, -0.15) is 0 Å². The smallest absolute Gasteiger partial charge is 0.308 e. The summed E-state index contributed by atoms with van der Waals surface area (Å²) in [5.41, 5.74) is 0.614. The van der Waals surface area contributed by atoms with E-state index in [0.29, 0.717) is 11.3 Å². The Bertz CT molecular complexity index is 304. The highest BCUT2D eigenvalue weighted by molar-refractivity contribution is 5.69. The quantitative estimate of drug-likeness (QED) is 0.449. The maximum Gasteiger partial charge on any atom is 0.308 e. The van der Waals surface area contributed by atoms with Gasteiger partial charge < -0.3 is 14.6 Å². The van der Waals surface area contributed by atoms with Gasteiger partial charge in [-0.25, -0.2) is 0 Å². The second kappa shape index (κ2) is 4.74. The van der Waals surface area contributed by atoms with E-state index >= 15 is 0 Å². The Morgan fingerprint density at radius 2 is 1.93 bits per heavy atom. The van der Waals surface area contributed by atoms with Gasteiger partial charge in [-0.1, -0.05) is 12.1 Å². The molecule has 0 amide bonds. The summed E-state index contributed by atoms with van der Waals surface area (Å²) < 4.78 is 9.53. The number of carbonyl (C=O) groups excluding carboxylic acids is 1. The summed E-state index contributed by atoms with van der Waals surface area (Å²) in [5.74, 6) is 0.0783. The monoisotopic (exact) mass is 196 g/mol. The minimum absolute atomic E-state index is 0.370. The van der Waals surface area contributed by atoms with Gasteiger partial charge in [0.15, 0.2) is 6.29 Å². The lowest BCUT2D eigenvalue weighted by molar-refractivity contribution is -0.131. The third-order valence-corrected chi connectivity index (χ3v) is 1.65. The van der Waals surface area contributed by atoms with Crippen molar-refractivity contribution in [2.75, 3.05) is 7.11 Å². The molecule has 4 nitrogen and oxygen atoms in total. The van der Waals surface area contributed by atoms with Gasteiger partial charge in [-0.15, -0.1) is 0 Å². The van der Waals surface area contributed by atoms with E-state index < -0.39 is 6.29 Å². The Balaban J connectivity index is 2.73. The molecule has 0 saturated heterocycles. The Morgan fingerprint density at radius 3 is 2.36 bits per heavy atom. The summed E-state index contributed by atoms with van der Waals surface area (Å²) in [6, 6.07) is 6.46. The summed E-state index contributed by atoms with van der Waals surface area (Å²) in [5, 5.41) is 9.27. The third kappa shape index (κ3) is 2.83. The Hall–Kier alpha value is -1.39. The highest BCUT2D eigenvalue weighted by Gasteiger charge is 2.05. The molecule has 0 bridgehead atoms. The maximum atomic E-state index is 10.6. The highest BCUT2D eigenvalue weighted by atomic mass is 16.6. The minimum Gasteiger partial charge on any atom is -0.427 e. The average molecular weight is 196 g/mol. The molecule has 0 aliphatic rings. The lowest BCUT2D eigenvalue weighted by Gasteiger charge is -2.08. The van der Waals surface area contributed by atoms with Crippen LogP contribution in [0.2, 0.25) is 0 Å². The molecular formula is C10H12O4. The number of esters is 1. The molecule has 0 saturated carbocycles. The van der Waals surface area contributed by atoms with Gasteiger partial charge in [0.05, 0.1) is 0 Å². The van der Waals surface area contributed by atoms with E-state index in [2.05, 4.69) is 0 Å². The van der Waals surface area contributed by atoms with Crippen LogP contribution in [0.5, 0.6) is 5.75 Å². The van der Waals surface area contributed by atoms with Crippen molar-refractivity contribution in [1.82, 2.24) is 0 Å².